The Labute approximate surface area is 119 Å². The van der Waals surface area contributed by atoms with Crippen molar-refractivity contribution in [3.63, 3.8) is 0 Å². The number of halogens is 7. The number of carbonyl (C=O) groups is 2. The molecule has 0 unspecified atom stereocenters. The third-order valence-electron chi connectivity index (χ3n) is 2.67. The van der Waals surface area contributed by atoms with Gasteiger partial charge < -0.3 is 0 Å². The lowest BCUT2D eigenvalue weighted by Crippen LogP contribution is -2.56. The van der Waals surface area contributed by atoms with Crippen LogP contribution in [-0.2, 0) is 11.2 Å². The lowest BCUT2D eigenvalue weighted by Gasteiger charge is -2.26. The highest BCUT2D eigenvalue weighted by atomic mass is 19.4. The largest absolute Gasteiger partial charge is 0.460 e. The molecule has 1 rings (SSSR count). The zero-order valence-corrected chi connectivity index (χ0v) is 10.8. The van der Waals surface area contributed by atoms with Gasteiger partial charge in [-0.1, -0.05) is 0 Å². The van der Waals surface area contributed by atoms with E-state index >= 15 is 0 Å². The maximum Gasteiger partial charge on any atom is 0.460 e. The molecule has 0 atom stereocenters. The van der Waals surface area contributed by atoms with Crippen molar-refractivity contribution in [3.8, 4) is 0 Å². The van der Waals surface area contributed by atoms with Crippen molar-refractivity contribution in [1.82, 2.24) is 4.98 Å². The number of hydrogen-bond donors (Lipinski definition) is 0. The third-order valence-corrected chi connectivity index (χ3v) is 2.67. The van der Waals surface area contributed by atoms with Gasteiger partial charge in [0, 0.05) is 24.4 Å². The molecule has 1 aromatic heterocycles. The summed E-state index contributed by atoms with van der Waals surface area (Å²) in [4.78, 5) is 25.6. The lowest BCUT2D eigenvalue weighted by molar-refractivity contribution is -0.343. The van der Waals surface area contributed by atoms with Crippen molar-refractivity contribution in [2.45, 2.75) is 31.4 Å². The van der Waals surface area contributed by atoms with Crippen LogP contribution in [0.25, 0.3) is 0 Å². The predicted molar refractivity (Wildman–Crippen MR) is 58.9 cm³/mol. The second-order valence-corrected chi connectivity index (χ2v) is 4.38. The third kappa shape index (κ3) is 3.25. The first-order valence-electron chi connectivity index (χ1n) is 5.61. The molecule has 0 saturated carbocycles. The quantitative estimate of drug-likeness (QED) is 0.615. The molecule has 22 heavy (non-hydrogen) atoms. The first kappa shape index (κ1) is 18.1. The van der Waals surface area contributed by atoms with Crippen molar-refractivity contribution in [3.05, 3.63) is 29.6 Å². The molecule has 0 saturated heterocycles. The lowest BCUT2D eigenvalue weighted by atomic mass is 10.00. The monoisotopic (exact) mass is 331 g/mol. The van der Waals surface area contributed by atoms with Gasteiger partial charge >= 0.3 is 18.0 Å². The van der Waals surface area contributed by atoms with E-state index in [0.29, 0.717) is 0 Å². The molecule has 0 aliphatic carbocycles. The minimum Gasteiger partial charge on any atom is -0.294 e. The Bertz CT molecular complexity index is 595. The first-order chi connectivity index (χ1) is 9.80. The standard InChI is InChI=1S/C12H8F7NO2/c1-6(21)8-2-7(4-20-5-8)3-9(22)10(13,14)11(15,16)12(17,18)19/h2,4-5H,3H2,1H3. The van der Waals surface area contributed by atoms with Crippen molar-refractivity contribution < 1.29 is 40.3 Å². The molecule has 0 fully saturated rings. The molecule has 0 amide bonds. The number of alkyl halides is 7. The van der Waals surface area contributed by atoms with E-state index in [4.69, 9.17) is 0 Å². The van der Waals surface area contributed by atoms with Crippen LogP contribution in [0.3, 0.4) is 0 Å². The molecule has 1 aromatic rings. The fourth-order valence-corrected chi connectivity index (χ4v) is 1.43. The van der Waals surface area contributed by atoms with Crippen LogP contribution in [0.1, 0.15) is 22.8 Å². The van der Waals surface area contributed by atoms with E-state index in [2.05, 4.69) is 4.98 Å². The highest BCUT2D eigenvalue weighted by Crippen LogP contribution is 2.47. The summed E-state index contributed by atoms with van der Waals surface area (Å²) < 4.78 is 87.5. The molecule has 3 nitrogen and oxygen atoms in total. The number of rotatable bonds is 5. The zero-order chi connectivity index (χ0) is 17.3. The minimum absolute atomic E-state index is 0.101. The van der Waals surface area contributed by atoms with Gasteiger partial charge in [0.1, 0.15) is 0 Å². The molecular formula is C12H8F7NO2. The normalized spacial score (nSPS) is 13.1. The summed E-state index contributed by atoms with van der Waals surface area (Å²) in [7, 11) is 0. The van der Waals surface area contributed by atoms with E-state index in [0.717, 1.165) is 25.4 Å². The Hall–Kier alpha value is -2.00. The van der Waals surface area contributed by atoms with E-state index in [1.807, 2.05) is 0 Å². The van der Waals surface area contributed by atoms with Crippen LogP contribution in [0.4, 0.5) is 30.7 Å². The zero-order valence-electron chi connectivity index (χ0n) is 10.8. The second-order valence-electron chi connectivity index (χ2n) is 4.38. The molecular weight excluding hydrogens is 323 g/mol. The molecule has 0 radical (unpaired) electrons. The Kier molecular flexibility index (Phi) is 4.64. The van der Waals surface area contributed by atoms with Gasteiger partial charge in [-0.15, -0.1) is 0 Å². The first-order valence-corrected chi connectivity index (χ1v) is 5.61. The van der Waals surface area contributed by atoms with Gasteiger partial charge in [-0.05, 0) is 18.6 Å². The topological polar surface area (TPSA) is 47.0 Å². The molecule has 10 heteroatoms. The van der Waals surface area contributed by atoms with Crippen LogP contribution >= 0.6 is 0 Å². The number of ketones is 2. The summed E-state index contributed by atoms with van der Waals surface area (Å²) in [5.41, 5.74) is -0.480. The van der Waals surface area contributed by atoms with Crippen molar-refractivity contribution in [2.24, 2.45) is 0 Å². The van der Waals surface area contributed by atoms with E-state index < -0.39 is 36.0 Å². The Morgan fingerprint density at radius 2 is 1.59 bits per heavy atom. The van der Waals surface area contributed by atoms with Crippen LogP contribution in [-0.4, -0.2) is 34.6 Å². The molecule has 0 aromatic carbocycles. The fraction of sp³-hybridized carbons (Fsp3) is 0.417. The van der Waals surface area contributed by atoms with Gasteiger partial charge in [-0.2, -0.15) is 30.7 Å². The van der Waals surface area contributed by atoms with Gasteiger partial charge in [0.25, 0.3) is 0 Å². The molecule has 0 bridgehead atoms. The predicted octanol–water partition coefficient (Wildman–Crippen LogP) is 3.23. The number of nitrogens with zero attached hydrogens (tertiary/aromatic N) is 1. The summed E-state index contributed by atoms with van der Waals surface area (Å²) in [5, 5.41) is 0. The number of carbonyl (C=O) groups excluding carboxylic acids is 2. The summed E-state index contributed by atoms with van der Waals surface area (Å²) >= 11 is 0. The number of pyridine rings is 1. The van der Waals surface area contributed by atoms with Gasteiger partial charge in [-0.3, -0.25) is 14.6 Å². The molecule has 1 heterocycles. The number of hydrogen-bond acceptors (Lipinski definition) is 3. The maximum absolute atomic E-state index is 13.1. The summed E-state index contributed by atoms with van der Waals surface area (Å²) in [6, 6.07) is 0.912. The van der Waals surface area contributed by atoms with Crippen LogP contribution in [0, 0.1) is 0 Å². The average Bonchev–Trinajstić information content (AvgIpc) is 2.37. The molecule has 0 aliphatic rings. The molecule has 122 valence electrons. The van der Waals surface area contributed by atoms with Gasteiger partial charge in [-0.25, -0.2) is 0 Å². The second kappa shape index (κ2) is 5.65. The Morgan fingerprint density at radius 1 is 1.05 bits per heavy atom. The molecule has 0 spiro atoms. The fourth-order valence-electron chi connectivity index (χ4n) is 1.43. The van der Waals surface area contributed by atoms with E-state index in [9.17, 15) is 40.3 Å². The van der Waals surface area contributed by atoms with Crippen LogP contribution in [0.15, 0.2) is 18.5 Å². The van der Waals surface area contributed by atoms with Crippen molar-refractivity contribution in [2.75, 3.05) is 0 Å². The number of aromatic nitrogens is 1. The van der Waals surface area contributed by atoms with Gasteiger partial charge in [0.15, 0.2) is 5.78 Å². The smallest absolute Gasteiger partial charge is 0.294 e. The van der Waals surface area contributed by atoms with E-state index in [-0.39, 0.29) is 11.1 Å². The summed E-state index contributed by atoms with van der Waals surface area (Å²) in [6.45, 7) is 1.09. The van der Waals surface area contributed by atoms with Gasteiger partial charge in [0.05, 0.1) is 0 Å². The summed E-state index contributed by atoms with van der Waals surface area (Å²) in [5.74, 6) is -15.6. The maximum atomic E-state index is 13.1. The Balaban J connectivity index is 3.06. The average molecular weight is 331 g/mol. The SMILES string of the molecule is CC(=O)c1cncc(CC(=O)C(F)(F)C(F)(F)C(F)(F)F)c1. The van der Waals surface area contributed by atoms with E-state index in [1.54, 1.807) is 0 Å². The van der Waals surface area contributed by atoms with Crippen LogP contribution in [0.2, 0.25) is 0 Å². The van der Waals surface area contributed by atoms with Crippen molar-refractivity contribution in [1.29, 1.82) is 0 Å². The Morgan fingerprint density at radius 3 is 2.05 bits per heavy atom. The highest BCUT2D eigenvalue weighted by molar-refractivity contribution is 5.94. The summed E-state index contributed by atoms with van der Waals surface area (Å²) in [6.07, 6.45) is -6.16. The van der Waals surface area contributed by atoms with Crippen LogP contribution in [0.5, 0.6) is 0 Å². The number of Topliss-reactive ketones (excluding diaryl/α,β-unsaturated/α-hetero) is 2. The van der Waals surface area contributed by atoms with Crippen LogP contribution < -0.4 is 0 Å². The molecule has 0 aliphatic heterocycles. The van der Waals surface area contributed by atoms with E-state index in [1.165, 1.54) is 0 Å². The molecule has 0 N–H and O–H groups in total. The van der Waals surface area contributed by atoms with Gasteiger partial charge in [0.2, 0.25) is 5.78 Å². The minimum atomic E-state index is -6.58. The van der Waals surface area contributed by atoms with Crippen molar-refractivity contribution >= 4 is 11.6 Å². The highest BCUT2D eigenvalue weighted by Gasteiger charge is 2.75.